The molecule has 0 bridgehead atoms. The van der Waals surface area contributed by atoms with Crippen LogP contribution >= 0.6 is 0 Å². The maximum Gasteiger partial charge on any atom is 0.226 e. The Bertz CT molecular complexity index is 586. The first-order valence-electron chi connectivity index (χ1n) is 7.12. The predicted octanol–water partition coefficient (Wildman–Crippen LogP) is 2.77. The van der Waals surface area contributed by atoms with E-state index < -0.39 is 6.10 Å². The number of carbonyl (C=O) groups is 1. The minimum absolute atomic E-state index is 0.0806. The predicted molar refractivity (Wildman–Crippen MR) is 76.1 cm³/mol. The Morgan fingerprint density at radius 3 is 2.90 bits per heavy atom. The van der Waals surface area contributed by atoms with Gasteiger partial charge >= 0.3 is 0 Å². The molecule has 1 aromatic carbocycles. The van der Waals surface area contributed by atoms with E-state index in [1.54, 1.807) is 0 Å². The Balaban J connectivity index is 1.72. The highest BCUT2D eigenvalue weighted by Crippen LogP contribution is 2.28. The fourth-order valence-corrected chi connectivity index (χ4v) is 2.85. The van der Waals surface area contributed by atoms with Crippen LogP contribution in [0.25, 0.3) is 11.0 Å². The van der Waals surface area contributed by atoms with Gasteiger partial charge in [-0.3, -0.25) is 4.79 Å². The van der Waals surface area contributed by atoms with Gasteiger partial charge in [-0.25, -0.2) is 0 Å². The molecule has 1 aliphatic rings. The molecule has 4 nitrogen and oxygen atoms in total. The van der Waals surface area contributed by atoms with Gasteiger partial charge in [0.1, 0.15) is 11.3 Å². The summed E-state index contributed by atoms with van der Waals surface area (Å²) in [6.45, 7) is 1.90. The zero-order chi connectivity index (χ0) is 14.1. The molecule has 1 fully saturated rings. The van der Waals surface area contributed by atoms with E-state index in [4.69, 9.17) is 4.42 Å². The summed E-state index contributed by atoms with van der Waals surface area (Å²) in [4.78, 5) is 12.1. The van der Waals surface area contributed by atoms with Gasteiger partial charge in [-0.15, -0.1) is 0 Å². The molecule has 4 heteroatoms. The first-order valence-corrected chi connectivity index (χ1v) is 7.12. The van der Waals surface area contributed by atoms with Gasteiger partial charge < -0.3 is 14.8 Å². The quantitative estimate of drug-likeness (QED) is 0.904. The molecule has 2 aromatic rings. The molecule has 1 saturated carbocycles. The number of hydrogen-bond acceptors (Lipinski definition) is 3. The van der Waals surface area contributed by atoms with E-state index in [-0.39, 0.29) is 17.9 Å². The number of amides is 1. The SMILES string of the molecule is CC(NC(=O)C1CCCC1O)c1cc2ccccc2o1. The van der Waals surface area contributed by atoms with Gasteiger partial charge in [0.05, 0.1) is 18.1 Å². The highest BCUT2D eigenvalue weighted by Gasteiger charge is 2.32. The van der Waals surface area contributed by atoms with Crippen LogP contribution in [-0.4, -0.2) is 17.1 Å². The summed E-state index contributed by atoms with van der Waals surface area (Å²) in [5.74, 6) is 0.386. The number of benzene rings is 1. The molecule has 2 N–H and O–H groups in total. The van der Waals surface area contributed by atoms with Crippen molar-refractivity contribution in [1.29, 1.82) is 0 Å². The van der Waals surface area contributed by atoms with Gasteiger partial charge in [0.15, 0.2) is 0 Å². The molecule has 0 saturated heterocycles. The topological polar surface area (TPSA) is 62.5 Å². The molecule has 20 heavy (non-hydrogen) atoms. The lowest BCUT2D eigenvalue weighted by molar-refractivity contribution is -0.128. The number of rotatable bonds is 3. The summed E-state index contributed by atoms with van der Waals surface area (Å²) in [6.07, 6.45) is 1.90. The van der Waals surface area contributed by atoms with E-state index in [1.807, 2.05) is 37.3 Å². The Kier molecular flexibility index (Phi) is 3.49. The summed E-state index contributed by atoms with van der Waals surface area (Å²) in [5, 5.41) is 13.7. The van der Waals surface area contributed by atoms with Crippen LogP contribution in [0.15, 0.2) is 34.7 Å². The molecule has 1 heterocycles. The van der Waals surface area contributed by atoms with Crippen LogP contribution in [0, 0.1) is 5.92 Å². The van der Waals surface area contributed by atoms with Crippen molar-refractivity contribution in [3.63, 3.8) is 0 Å². The Morgan fingerprint density at radius 2 is 2.20 bits per heavy atom. The minimum atomic E-state index is -0.502. The normalized spacial score (nSPS) is 23.9. The molecular formula is C16H19NO3. The maximum atomic E-state index is 12.1. The monoisotopic (exact) mass is 273 g/mol. The molecule has 0 aliphatic heterocycles. The molecule has 3 atom stereocenters. The van der Waals surface area contributed by atoms with Crippen molar-refractivity contribution in [2.24, 2.45) is 5.92 Å². The largest absolute Gasteiger partial charge is 0.459 e. The average molecular weight is 273 g/mol. The zero-order valence-electron chi connectivity index (χ0n) is 11.5. The van der Waals surface area contributed by atoms with Crippen LogP contribution in [0.5, 0.6) is 0 Å². The third-order valence-corrected chi connectivity index (χ3v) is 4.05. The maximum absolute atomic E-state index is 12.1. The van der Waals surface area contributed by atoms with Crippen molar-refractivity contribution in [2.45, 2.75) is 38.3 Å². The molecule has 3 rings (SSSR count). The van der Waals surface area contributed by atoms with E-state index in [0.29, 0.717) is 0 Å². The number of furan rings is 1. The van der Waals surface area contributed by atoms with Crippen molar-refractivity contribution >= 4 is 16.9 Å². The third-order valence-electron chi connectivity index (χ3n) is 4.05. The molecule has 1 amide bonds. The fourth-order valence-electron chi connectivity index (χ4n) is 2.85. The second-order valence-electron chi connectivity index (χ2n) is 5.52. The number of nitrogens with one attached hydrogen (secondary N) is 1. The van der Waals surface area contributed by atoms with Crippen molar-refractivity contribution in [2.75, 3.05) is 0 Å². The molecule has 1 aliphatic carbocycles. The number of para-hydroxylation sites is 1. The van der Waals surface area contributed by atoms with Crippen molar-refractivity contribution in [3.05, 3.63) is 36.1 Å². The molecule has 0 radical (unpaired) electrons. The molecular weight excluding hydrogens is 254 g/mol. The smallest absolute Gasteiger partial charge is 0.226 e. The summed E-state index contributed by atoms with van der Waals surface area (Å²) in [5.41, 5.74) is 0.824. The van der Waals surface area contributed by atoms with Gasteiger partial charge in [0.2, 0.25) is 5.91 Å². The summed E-state index contributed by atoms with van der Waals surface area (Å²) in [7, 11) is 0. The lowest BCUT2D eigenvalue weighted by atomic mass is 10.0. The summed E-state index contributed by atoms with van der Waals surface area (Å²) in [6, 6.07) is 9.53. The molecule has 3 unspecified atom stereocenters. The van der Waals surface area contributed by atoms with Gasteiger partial charge in [-0.2, -0.15) is 0 Å². The summed E-state index contributed by atoms with van der Waals surface area (Å²) < 4.78 is 5.74. The number of fused-ring (bicyclic) bond motifs is 1. The second-order valence-corrected chi connectivity index (χ2v) is 5.52. The van der Waals surface area contributed by atoms with E-state index in [1.165, 1.54) is 0 Å². The van der Waals surface area contributed by atoms with Crippen molar-refractivity contribution in [1.82, 2.24) is 5.32 Å². The van der Waals surface area contributed by atoms with Gasteiger partial charge in [0.25, 0.3) is 0 Å². The lowest BCUT2D eigenvalue weighted by Gasteiger charge is -2.17. The third kappa shape index (κ3) is 2.43. The van der Waals surface area contributed by atoms with Crippen LogP contribution in [0.3, 0.4) is 0 Å². The van der Waals surface area contributed by atoms with Crippen LogP contribution in [-0.2, 0) is 4.79 Å². The Labute approximate surface area is 117 Å². The number of hydrogen-bond donors (Lipinski definition) is 2. The first kappa shape index (κ1) is 13.2. The van der Waals surface area contributed by atoms with Crippen molar-refractivity contribution < 1.29 is 14.3 Å². The van der Waals surface area contributed by atoms with Gasteiger partial charge in [0, 0.05) is 5.39 Å². The second kappa shape index (κ2) is 5.29. The van der Waals surface area contributed by atoms with E-state index in [2.05, 4.69) is 5.32 Å². The van der Waals surface area contributed by atoms with E-state index in [0.717, 1.165) is 36.0 Å². The van der Waals surface area contributed by atoms with Crippen molar-refractivity contribution in [3.8, 4) is 0 Å². The Hall–Kier alpha value is -1.81. The highest BCUT2D eigenvalue weighted by atomic mass is 16.3. The van der Waals surface area contributed by atoms with E-state index >= 15 is 0 Å². The zero-order valence-corrected chi connectivity index (χ0v) is 11.5. The summed E-state index contributed by atoms with van der Waals surface area (Å²) >= 11 is 0. The number of carbonyl (C=O) groups excluding carboxylic acids is 1. The number of aliphatic hydroxyl groups excluding tert-OH is 1. The average Bonchev–Trinajstić information content (AvgIpc) is 3.04. The van der Waals surface area contributed by atoms with Crippen LogP contribution in [0.1, 0.15) is 38.0 Å². The lowest BCUT2D eigenvalue weighted by Crippen LogP contribution is -2.36. The van der Waals surface area contributed by atoms with Gasteiger partial charge in [-0.1, -0.05) is 18.2 Å². The molecule has 1 aromatic heterocycles. The fraction of sp³-hybridized carbons (Fsp3) is 0.438. The van der Waals surface area contributed by atoms with E-state index in [9.17, 15) is 9.90 Å². The van der Waals surface area contributed by atoms with Crippen LogP contribution in [0.2, 0.25) is 0 Å². The van der Waals surface area contributed by atoms with Crippen LogP contribution < -0.4 is 5.32 Å². The van der Waals surface area contributed by atoms with Gasteiger partial charge in [-0.05, 0) is 38.3 Å². The molecule has 0 spiro atoms. The standard InChI is InChI=1S/C16H19NO3/c1-10(17-16(19)12-6-4-7-13(12)18)15-9-11-5-2-3-8-14(11)20-15/h2-3,5,8-10,12-13,18H,4,6-7H2,1H3,(H,17,19). The van der Waals surface area contributed by atoms with Crippen LogP contribution in [0.4, 0.5) is 0 Å². The first-order chi connectivity index (χ1) is 9.65. The minimum Gasteiger partial charge on any atom is -0.459 e. The number of aliphatic hydroxyl groups is 1. The Morgan fingerprint density at radius 1 is 1.40 bits per heavy atom. The highest BCUT2D eigenvalue weighted by molar-refractivity contribution is 5.81. The molecule has 106 valence electrons.